The van der Waals surface area contributed by atoms with E-state index < -0.39 is 0 Å². The van der Waals surface area contributed by atoms with Crippen LogP contribution in [0, 0.1) is 41.5 Å². The van der Waals surface area contributed by atoms with Crippen LogP contribution in [0.1, 0.15) is 33.4 Å². The lowest BCUT2D eigenvalue weighted by atomic mass is 9.98. The Hall–Kier alpha value is -10.1. The van der Waals surface area contributed by atoms with Gasteiger partial charge in [0.1, 0.15) is 0 Å². The third-order valence-electron chi connectivity index (χ3n) is 15.8. The first kappa shape index (κ1) is 55.8. The number of benzene rings is 16. The highest BCUT2D eigenvalue weighted by Crippen LogP contribution is 2.30. The molecule has 0 N–H and O–H groups in total. The molecule has 0 aromatic heterocycles. The molecule has 0 saturated heterocycles. The van der Waals surface area contributed by atoms with E-state index in [1.807, 2.05) is 0 Å². The smallest absolute Gasteiger partial charge is 0.0103 e. The predicted octanol–water partition coefficient (Wildman–Crippen LogP) is 24.0. The van der Waals surface area contributed by atoms with Crippen LogP contribution in [0.5, 0.6) is 0 Å². The van der Waals surface area contributed by atoms with Crippen molar-refractivity contribution in [3.63, 3.8) is 0 Å². The molecule has 0 heterocycles. The van der Waals surface area contributed by atoms with E-state index >= 15 is 0 Å². The highest BCUT2D eigenvalue weighted by Gasteiger charge is 2.04. The molecule has 0 saturated carbocycles. The van der Waals surface area contributed by atoms with E-state index in [4.69, 9.17) is 0 Å². The van der Waals surface area contributed by atoms with Crippen molar-refractivity contribution in [3.05, 3.63) is 349 Å². The van der Waals surface area contributed by atoms with Gasteiger partial charge in [0.05, 0.1) is 0 Å². The Morgan fingerprint density at radius 1 is 0.143 bits per heavy atom. The summed E-state index contributed by atoms with van der Waals surface area (Å²) < 4.78 is 0. The SMILES string of the molecule is Cc1cc2ccccc2c2ccccc12.Cc1ccc(-c2ccc3ccccc3c2)cc1.Cc1ccc2c(ccc3ccccc32)c1.Cc1ccc2ccc3ccccc3c2c1.Cc1ccc2ccccc2c1.Cc1cccc2ccccc12. The molecule has 0 atom stereocenters. The van der Waals surface area contributed by atoms with Gasteiger partial charge in [-0.25, -0.2) is 0 Å². The first-order chi connectivity index (χ1) is 41.1. The minimum atomic E-state index is 1.28. The summed E-state index contributed by atoms with van der Waals surface area (Å²) in [5.41, 5.74) is 10.5. The number of aryl methyl sites for hydroxylation is 6. The monoisotopic (exact) mass is 1080 g/mol. The molecule has 0 heteroatoms. The topological polar surface area (TPSA) is 0 Å². The molecule has 0 nitrogen and oxygen atoms in total. The Kier molecular flexibility index (Phi) is 17.4. The van der Waals surface area contributed by atoms with Crippen molar-refractivity contribution in [2.24, 2.45) is 0 Å². The molecule has 0 unspecified atom stereocenters. The highest BCUT2D eigenvalue weighted by atomic mass is 14.1. The first-order valence-electron chi connectivity index (χ1n) is 29.2. The van der Waals surface area contributed by atoms with Crippen LogP contribution in [0.15, 0.2) is 315 Å². The van der Waals surface area contributed by atoms with Crippen LogP contribution in [0.3, 0.4) is 0 Å². The second kappa shape index (κ2) is 26.2. The highest BCUT2D eigenvalue weighted by molar-refractivity contribution is 6.10. The summed E-state index contributed by atoms with van der Waals surface area (Å²) in [6.45, 7) is 12.8. The zero-order valence-corrected chi connectivity index (χ0v) is 49.0. The maximum Gasteiger partial charge on any atom is -0.0103 e. The Morgan fingerprint density at radius 3 is 1.08 bits per heavy atom. The molecular weight excluding hydrogens is 1010 g/mol. The Bertz CT molecular complexity index is 4880. The second-order valence-electron chi connectivity index (χ2n) is 22.1. The molecule has 16 aromatic rings. The standard InChI is InChI=1S/C17H14.3C15H12.2C11H10/c1-13-6-8-15(9-7-13)17-11-10-14-4-2-3-5-16(14)12-17;1-11-10-12-6-2-3-8-14(12)15-9-5-4-7-13(11)15;1-11-6-9-15-13(10-11)8-7-12-4-2-3-5-14(12)15;1-11-6-7-13-9-8-12-4-2-3-5-14(12)15(13)10-11;1-9-5-4-7-10-6-2-3-8-11(9)10;1-9-6-7-10-4-2-3-5-11(10)8-9/h2-12H,1H3;3*2-10H,1H3;2*2-8H,1H3. The van der Waals surface area contributed by atoms with E-state index in [9.17, 15) is 0 Å². The van der Waals surface area contributed by atoms with Gasteiger partial charge in [0.25, 0.3) is 0 Å². The molecule has 406 valence electrons. The van der Waals surface area contributed by atoms with Gasteiger partial charge in [-0.15, -0.1) is 0 Å². The van der Waals surface area contributed by atoms with Crippen LogP contribution in [0.4, 0.5) is 0 Å². The van der Waals surface area contributed by atoms with Crippen molar-refractivity contribution < 1.29 is 0 Å². The summed E-state index contributed by atoms with van der Waals surface area (Å²) in [6.07, 6.45) is 0. The van der Waals surface area contributed by atoms with Gasteiger partial charge in [0.15, 0.2) is 0 Å². The Morgan fingerprint density at radius 2 is 0.476 bits per heavy atom. The minimum Gasteiger partial charge on any atom is -0.0616 e. The van der Waals surface area contributed by atoms with Crippen LogP contribution < -0.4 is 0 Å². The largest absolute Gasteiger partial charge is 0.0616 e. The van der Waals surface area contributed by atoms with E-state index in [1.165, 1.54) is 141 Å². The van der Waals surface area contributed by atoms with Gasteiger partial charge in [0.2, 0.25) is 0 Å². The van der Waals surface area contributed by atoms with Crippen LogP contribution >= 0.6 is 0 Å². The quantitative estimate of drug-likeness (QED) is 0.144. The first-order valence-corrected chi connectivity index (χ1v) is 29.2. The van der Waals surface area contributed by atoms with Crippen molar-refractivity contribution in [3.8, 4) is 11.1 Å². The van der Waals surface area contributed by atoms with Gasteiger partial charge in [0, 0.05) is 0 Å². The Balaban J connectivity index is 0.000000106. The molecule has 16 aromatic carbocycles. The van der Waals surface area contributed by atoms with Gasteiger partial charge in [-0.3, -0.25) is 0 Å². The Labute approximate surface area is 495 Å². The summed E-state index contributed by atoms with van der Waals surface area (Å²) in [6, 6.07) is 112. The van der Waals surface area contributed by atoms with E-state index in [-0.39, 0.29) is 0 Å². The molecule has 0 aliphatic heterocycles. The van der Waals surface area contributed by atoms with Crippen LogP contribution in [0.2, 0.25) is 0 Å². The van der Waals surface area contributed by atoms with Gasteiger partial charge >= 0.3 is 0 Å². The van der Waals surface area contributed by atoms with Gasteiger partial charge in [-0.2, -0.15) is 0 Å². The number of hydrogen-bond donors (Lipinski definition) is 0. The summed E-state index contributed by atoms with van der Waals surface area (Å²) >= 11 is 0. The van der Waals surface area contributed by atoms with Gasteiger partial charge < -0.3 is 0 Å². The van der Waals surface area contributed by atoms with Crippen LogP contribution in [-0.2, 0) is 0 Å². The maximum atomic E-state index is 2.26. The molecule has 0 aliphatic rings. The molecule has 0 fully saturated rings. The van der Waals surface area contributed by atoms with Crippen molar-refractivity contribution in [2.75, 3.05) is 0 Å². The zero-order valence-electron chi connectivity index (χ0n) is 49.0. The zero-order chi connectivity index (χ0) is 57.8. The van der Waals surface area contributed by atoms with E-state index in [0.717, 1.165) is 0 Å². The average Bonchev–Trinajstić information content (AvgIpc) is 3.06. The third kappa shape index (κ3) is 13.3. The predicted molar refractivity (Wildman–Crippen MR) is 370 cm³/mol. The van der Waals surface area contributed by atoms with Gasteiger partial charge in [-0.1, -0.05) is 332 Å². The normalized spacial score (nSPS) is 10.7. The fourth-order valence-electron chi connectivity index (χ4n) is 11.3. The summed E-state index contributed by atoms with van der Waals surface area (Å²) in [5, 5.41) is 24.0. The number of fused-ring (bicyclic) bond motifs is 12. The molecule has 84 heavy (non-hydrogen) atoms. The van der Waals surface area contributed by atoms with Gasteiger partial charge in [-0.05, 0) is 167 Å². The molecule has 16 rings (SSSR count). The molecular formula is C84H70. The summed E-state index contributed by atoms with van der Waals surface area (Å²) in [7, 11) is 0. The second-order valence-corrected chi connectivity index (χ2v) is 22.1. The van der Waals surface area contributed by atoms with Crippen LogP contribution in [-0.4, -0.2) is 0 Å². The van der Waals surface area contributed by atoms with Crippen molar-refractivity contribution in [2.45, 2.75) is 41.5 Å². The van der Waals surface area contributed by atoms with Crippen molar-refractivity contribution in [1.29, 1.82) is 0 Å². The maximum absolute atomic E-state index is 2.26. The third-order valence-corrected chi connectivity index (χ3v) is 15.8. The molecule has 0 aliphatic carbocycles. The van der Waals surface area contributed by atoms with E-state index in [0.29, 0.717) is 0 Å². The van der Waals surface area contributed by atoms with E-state index in [2.05, 4.69) is 357 Å². The van der Waals surface area contributed by atoms with Crippen molar-refractivity contribution >= 4 is 97.0 Å². The van der Waals surface area contributed by atoms with Crippen molar-refractivity contribution in [1.82, 2.24) is 0 Å². The summed E-state index contributed by atoms with van der Waals surface area (Å²) in [5.74, 6) is 0. The number of hydrogen-bond acceptors (Lipinski definition) is 0. The minimum absolute atomic E-state index is 1.28. The molecule has 0 spiro atoms. The molecule has 0 amide bonds. The lowest BCUT2D eigenvalue weighted by molar-refractivity contribution is 1.47. The lowest BCUT2D eigenvalue weighted by Crippen LogP contribution is -1.81. The van der Waals surface area contributed by atoms with Crippen LogP contribution in [0.25, 0.3) is 108 Å². The fraction of sp³-hybridized carbons (Fsp3) is 0.0714. The molecule has 0 bridgehead atoms. The average molecular weight is 1080 g/mol. The molecule has 0 radical (unpaired) electrons. The van der Waals surface area contributed by atoms with E-state index in [1.54, 1.807) is 0 Å². The lowest BCUT2D eigenvalue weighted by Gasteiger charge is -2.06. The fourth-order valence-corrected chi connectivity index (χ4v) is 11.3. The summed E-state index contributed by atoms with van der Waals surface area (Å²) in [4.78, 5) is 0. The number of rotatable bonds is 1.